The third kappa shape index (κ3) is 6.35. The molecule has 1 nitrogen and oxygen atoms in total. The Morgan fingerprint density at radius 3 is 2.23 bits per heavy atom. The largest absolute Gasteiger partial charge is 0.288 e. The van der Waals surface area contributed by atoms with Gasteiger partial charge in [-0.2, -0.15) is 0 Å². The number of hydrogen-bond acceptors (Lipinski definition) is 1. The van der Waals surface area contributed by atoms with Crippen LogP contribution in [0.1, 0.15) is 24.0 Å². The van der Waals surface area contributed by atoms with Gasteiger partial charge >= 0.3 is 0 Å². The van der Waals surface area contributed by atoms with Crippen LogP contribution in [0.4, 0.5) is 0 Å². The van der Waals surface area contributed by atoms with Crippen molar-refractivity contribution in [3.8, 4) is 11.8 Å². The van der Waals surface area contributed by atoms with Gasteiger partial charge in [0.05, 0.1) is 6.54 Å². The Morgan fingerprint density at radius 1 is 0.864 bits per heavy atom. The third-order valence-electron chi connectivity index (χ3n) is 3.42. The minimum Gasteiger partial charge on any atom is -0.288 e. The van der Waals surface area contributed by atoms with Crippen molar-refractivity contribution in [2.75, 3.05) is 19.0 Å². The highest BCUT2D eigenvalue weighted by Gasteiger charge is 2.04. The van der Waals surface area contributed by atoms with Crippen molar-refractivity contribution in [1.29, 1.82) is 0 Å². The summed E-state index contributed by atoms with van der Waals surface area (Å²) in [4.78, 5) is 2.39. The molecule has 0 saturated heterocycles. The van der Waals surface area contributed by atoms with E-state index in [0.717, 1.165) is 43.9 Å². The van der Waals surface area contributed by atoms with E-state index in [1.54, 1.807) is 0 Å². The minimum absolute atomic E-state index is 0.731. The third-order valence-corrected chi connectivity index (χ3v) is 3.68. The molecule has 0 aliphatic rings. The molecule has 0 aromatic heterocycles. The fourth-order valence-electron chi connectivity index (χ4n) is 2.26. The van der Waals surface area contributed by atoms with Crippen LogP contribution in [0.5, 0.6) is 0 Å². The maximum absolute atomic E-state index is 5.78. The smallest absolute Gasteiger partial charge is 0.0608 e. The molecule has 0 unspecified atom stereocenters. The van der Waals surface area contributed by atoms with Crippen LogP contribution in [0, 0.1) is 11.8 Å². The van der Waals surface area contributed by atoms with Crippen molar-refractivity contribution >= 4 is 11.6 Å². The number of benzene rings is 2. The molecule has 0 fully saturated rings. The van der Waals surface area contributed by atoms with Crippen molar-refractivity contribution in [1.82, 2.24) is 4.90 Å². The second kappa shape index (κ2) is 10.1. The normalized spacial score (nSPS) is 10.3. The lowest BCUT2D eigenvalue weighted by Gasteiger charge is -2.19. The van der Waals surface area contributed by atoms with E-state index in [2.05, 4.69) is 47.1 Å². The van der Waals surface area contributed by atoms with E-state index in [1.807, 2.05) is 30.3 Å². The first kappa shape index (κ1) is 16.6. The maximum atomic E-state index is 5.78. The van der Waals surface area contributed by atoms with Crippen molar-refractivity contribution in [2.45, 2.75) is 19.4 Å². The van der Waals surface area contributed by atoms with Crippen LogP contribution >= 0.6 is 11.6 Å². The van der Waals surface area contributed by atoms with Crippen LogP contribution < -0.4 is 0 Å². The van der Waals surface area contributed by atoms with Crippen molar-refractivity contribution in [3.05, 3.63) is 71.8 Å². The number of unbranched alkanes of at least 4 members (excludes halogenated alkanes) is 1. The number of hydrogen-bond donors (Lipinski definition) is 0. The summed E-state index contributed by atoms with van der Waals surface area (Å²) < 4.78 is 0. The minimum atomic E-state index is 0.731. The average molecular weight is 312 g/mol. The van der Waals surface area contributed by atoms with E-state index in [4.69, 9.17) is 11.6 Å². The summed E-state index contributed by atoms with van der Waals surface area (Å²) in [6.45, 7) is 2.75. The highest BCUT2D eigenvalue weighted by atomic mass is 35.5. The Kier molecular flexibility index (Phi) is 7.60. The molecule has 22 heavy (non-hydrogen) atoms. The van der Waals surface area contributed by atoms with Crippen molar-refractivity contribution in [2.24, 2.45) is 0 Å². The zero-order valence-corrected chi connectivity index (χ0v) is 13.6. The SMILES string of the molecule is ClCCCCN(CC#Cc1ccccc1)Cc1ccccc1. The molecular formula is C20H22ClN. The fourth-order valence-corrected chi connectivity index (χ4v) is 2.45. The van der Waals surface area contributed by atoms with Crippen LogP contribution in [0.2, 0.25) is 0 Å². The Balaban J connectivity index is 1.93. The second-order valence-corrected chi connectivity index (χ2v) is 5.64. The van der Waals surface area contributed by atoms with Gasteiger partial charge in [0, 0.05) is 18.0 Å². The predicted molar refractivity (Wildman–Crippen MR) is 95.0 cm³/mol. The highest BCUT2D eigenvalue weighted by molar-refractivity contribution is 6.17. The molecule has 0 radical (unpaired) electrons. The molecule has 0 bridgehead atoms. The van der Waals surface area contributed by atoms with Gasteiger partial charge in [-0.15, -0.1) is 11.6 Å². The Bertz CT molecular complexity index is 583. The van der Waals surface area contributed by atoms with E-state index >= 15 is 0 Å². The summed E-state index contributed by atoms with van der Waals surface area (Å²) in [5.74, 6) is 7.26. The lowest BCUT2D eigenvalue weighted by molar-refractivity contribution is 0.294. The molecule has 0 N–H and O–H groups in total. The van der Waals surface area contributed by atoms with Crippen LogP contribution in [0.15, 0.2) is 60.7 Å². The first-order chi connectivity index (χ1) is 10.9. The Hall–Kier alpha value is -1.75. The molecule has 2 aromatic rings. The molecule has 0 aliphatic heterocycles. The first-order valence-corrected chi connectivity index (χ1v) is 8.28. The van der Waals surface area contributed by atoms with E-state index in [0.29, 0.717) is 0 Å². The topological polar surface area (TPSA) is 3.24 Å². The molecule has 2 aromatic carbocycles. The molecule has 2 rings (SSSR count). The molecule has 2 heteroatoms. The van der Waals surface area contributed by atoms with Gasteiger partial charge in [0.2, 0.25) is 0 Å². The average Bonchev–Trinajstić information content (AvgIpc) is 2.57. The zero-order chi connectivity index (χ0) is 15.5. The van der Waals surface area contributed by atoms with Crippen LogP contribution in [0.25, 0.3) is 0 Å². The molecule has 0 spiro atoms. The number of alkyl halides is 1. The first-order valence-electron chi connectivity index (χ1n) is 7.74. The molecule has 0 aliphatic carbocycles. The van der Waals surface area contributed by atoms with Crippen molar-refractivity contribution in [3.63, 3.8) is 0 Å². The molecular weight excluding hydrogens is 290 g/mol. The van der Waals surface area contributed by atoms with Crippen LogP contribution in [-0.4, -0.2) is 23.9 Å². The molecule has 0 heterocycles. The van der Waals surface area contributed by atoms with Gasteiger partial charge in [0.25, 0.3) is 0 Å². The van der Waals surface area contributed by atoms with Gasteiger partial charge in [-0.25, -0.2) is 0 Å². The number of halogens is 1. The Morgan fingerprint density at radius 2 is 1.55 bits per heavy atom. The summed E-state index contributed by atoms with van der Waals surface area (Å²) in [7, 11) is 0. The maximum Gasteiger partial charge on any atom is 0.0608 e. The second-order valence-electron chi connectivity index (χ2n) is 5.26. The van der Waals surface area contributed by atoms with Crippen LogP contribution in [0.3, 0.4) is 0 Å². The highest BCUT2D eigenvalue weighted by Crippen LogP contribution is 2.06. The quantitative estimate of drug-likeness (QED) is 0.411. The predicted octanol–water partition coefficient (Wildman–Crippen LogP) is 4.56. The molecule has 0 amide bonds. The lowest BCUT2D eigenvalue weighted by Crippen LogP contribution is -2.25. The van der Waals surface area contributed by atoms with Gasteiger partial charge in [0.1, 0.15) is 0 Å². The lowest BCUT2D eigenvalue weighted by atomic mass is 10.2. The van der Waals surface area contributed by atoms with Crippen LogP contribution in [-0.2, 0) is 6.54 Å². The fraction of sp³-hybridized carbons (Fsp3) is 0.300. The molecule has 114 valence electrons. The Labute approximate surface area is 138 Å². The van der Waals surface area contributed by atoms with Crippen molar-refractivity contribution < 1.29 is 0 Å². The van der Waals surface area contributed by atoms with Gasteiger partial charge < -0.3 is 0 Å². The summed E-state index contributed by atoms with van der Waals surface area (Å²) in [6, 6.07) is 20.7. The summed E-state index contributed by atoms with van der Waals surface area (Å²) >= 11 is 5.78. The van der Waals surface area contributed by atoms with E-state index < -0.39 is 0 Å². The zero-order valence-electron chi connectivity index (χ0n) is 12.8. The molecule has 0 atom stereocenters. The summed E-state index contributed by atoms with van der Waals surface area (Å²) in [5, 5.41) is 0. The number of rotatable bonds is 7. The monoisotopic (exact) mass is 311 g/mol. The van der Waals surface area contributed by atoms with Gasteiger partial charge in [0.15, 0.2) is 0 Å². The summed E-state index contributed by atoms with van der Waals surface area (Å²) in [6.07, 6.45) is 2.17. The summed E-state index contributed by atoms with van der Waals surface area (Å²) in [5.41, 5.74) is 2.40. The van der Waals surface area contributed by atoms with Gasteiger partial charge in [-0.3, -0.25) is 4.90 Å². The standard InChI is InChI=1S/C20H22ClN/c21-15-7-8-16-22(18-20-12-5-2-6-13-20)17-9-14-19-10-3-1-4-11-19/h1-6,10-13H,7-8,15-18H2. The van der Waals surface area contributed by atoms with E-state index in [1.165, 1.54) is 5.56 Å². The van der Waals surface area contributed by atoms with E-state index in [-0.39, 0.29) is 0 Å². The number of nitrogens with zero attached hydrogens (tertiary/aromatic N) is 1. The molecule has 0 saturated carbocycles. The van der Waals surface area contributed by atoms with Gasteiger partial charge in [-0.1, -0.05) is 60.4 Å². The van der Waals surface area contributed by atoms with E-state index in [9.17, 15) is 0 Å². The van der Waals surface area contributed by atoms with Gasteiger partial charge in [-0.05, 0) is 37.1 Å².